The fraction of sp³-hybridized carbons (Fsp3) is 0.303. The van der Waals surface area contributed by atoms with Gasteiger partial charge in [-0.25, -0.2) is 9.69 Å². The number of aliphatic hydroxyl groups excluding tert-OH is 1. The Morgan fingerprint density at radius 1 is 1.02 bits per heavy atom. The van der Waals surface area contributed by atoms with E-state index in [2.05, 4.69) is 15.5 Å². The molecule has 238 valence electrons. The van der Waals surface area contributed by atoms with Crippen LogP contribution in [0.5, 0.6) is 0 Å². The number of hydrogen-bond acceptors (Lipinski definition) is 11. The van der Waals surface area contributed by atoms with Crippen LogP contribution in [-0.4, -0.2) is 51.1 Å². The number of amides is 3. The molecule has 1 unspecified atom stereocenters. The second kappa shape index (κ2) is 14.5. The van der Waals surface area contributed by atoms with Gasteiger partial charge in [0, 0.05) is 17.7 Å². The van der Waals surface area contributed by atoms with Crippen LogP contribution < -0.4 is 10.2 Å². The van der Waals surface area contributed by atoms with Gasteiger partial charge in [-0.15, -0.1) is 10.2 Å². The summed E-state index contributed by atoms with van der Waals surface area (Å²) < 4.78 is 19.0. The van der Waals surface area contributed by atoms with Crippen molar-refractivity contribution in [2.24, 2.45) is 0 Å². The molecule has 0 spiro atoms. The molecule has 11 nitrogen and oxygen atoms in total. The molecule has 3 aromatic carbocycles. The van der Waals surface area contributed by atoms with Gasteiger partial charge in [0.2, 0.25) is 5.91 Å². The highest BCUT2D eigenvalue weighted by Gasteiger charge is 2.41. The predicted octanol–water partition coefficient (Wildman–Crippen LogP) is 5.23. The lowest BCUT2D eigenvalue weighted by Gasteiger charge is -2.36. The van der Waals surface area contributed by atoms with Crippen molar-refractivity contribution in [2.75, 3.05) is 10.7 Å². The molecule has 1 aromatic heterocycles. The van der Waals surface area contributed by atoms with Gasteiger partial charge in [0.25, 0.3) is 5.91 Å². The number of thioether (sulfide) groups is 1. The molecular formula is C33H32N4O7S2. The highest BCUT2D eigenvalue weighted by Crippen LogP contribution is 2.40. The number of benzene rings is 3. The molecule has 2 N–H and O–H groups in total. The van der Waals surface area contributed by atoms with E-state index in [9.17, 15) is 19.5 Å². The zero-order chi connectivity index (χ0) is 32.0. The maximum atomic E-state index is 13.3. The Balaban J connectivity index is 1.16. The molecule has 0 saturated carbocycles. The topological polar surface area (TPSA) is 140 Å². The second-order valence-electron chi connectivity index (χ2n) is 10.9. The summed E-state index contributed by atoms with van der Waals surface area (Å²) in [5.41, 5.74) is 3.54. The van der Waals surface area contributed by atoms with Crippen LogP contribution in [-0.2, 0) is 37.0 Å². The minimum atomic E-state index is -1.04. The van der Waals surface area contributed by atoms with Crippen molar-refractivity contribution in [2.45, 2.75) is 61.9 Å². The third kappa shape index (κ3) is 7.62. The lowest BCUT2D eigenvalue weighted by Crippen LogP contribution is -2.42. The Labute approximate surface area is 273 Å². The van der Waals surface area contributed by atoms with Crippen LogP contribution in [0.25, 0.3) is 0 Å². The molecule has 0 radical (unpaired) electrons. The number of nitrogens with one attached hydrogen (secondary N) is 1. The minimum Gasteiger partial charge on any atom is -0.445 e. The smallest absolute Gasteiger partial charge is 0.408 e. The summed E-state index contributed by atoms with van der Waals surface area (Å²) in [5.74, 6) is -0.367. The number of imide groups is 1. The number of aliphatic hydroxyl groups is 1. The van der Waals surface area contributed by atoms with Crippen LogP contribution in [0.4, 0.5) is 10.5 Å². The van der Waals surface area contributed by atoms with E-state index < -0.39 is 30.2 Å². The average molecular weight is 661 g/mol. The Bertz CT molecular complexity index is 1680. The second-order valence-corrected chi connectivity index (χ2v) is 13.3. The Morgan fingerprint density at radius 2 is 1.83 bits per heavy atom. The van der Waals surface area contributed by atoms with Crippen LogP contribution in [0, 0.1) is 6.92 Å². The monoisotopic (exact) mass is 660 g/mol. The van der Waals surface area contributed by atoms with E-state index >= 15 is 0 Å². The van der Waals surface area contributed by atoms with E-state index in [4.69, 9.17) is 14.2 Å². The number of carbonyl (C=O) groups is 3. The number of ether oxygens (including phenoxy) is 3. The van der Waals surface area contributed by atoms with Gasteiger partial charge in [-0.05, 0) is 35.7 Å². The van der Waals surface area contributed by atoms with Gasteiger partial charge in [0.05, 0.1) is 30.9 Å². The van der Waals surface area contributed by atoms with Crippen molar-refractivity contribution in [3.8, 4) is 0 Å². The first-order valence-electron chi connectivity index (χ1n) is 14.7. The number of rotatable bonds is 10. The fourth-order valence-electron chi connectivity index (χ4n) is 5.26. The number of nitrogens with zero attached hydrogens (tertiary/aromatic N) is 3. The van der Waals surface area contributed by atoms with Crippen molar-refractivity contribution in [1.82, 2.24) is 15.5 Å². The van der Waals surface area contributed by atoms with Crippen LogP contribution in [0.15, 0.2) is 83.2 Å². The van der Waals surface area contributed by atoms with Crippen LogP contribution in [0.1, 0.15) is 52.5 Å². The van der Waals surface area contributed by atoms with E-state index in [-0.39, 0.29) is 31.8 Å². The summed E-state index contributed by atoms with van der Waals surface area (Å²) in [5, 5.41) is 21.2. The van der Waals surface area contributed by atoms with Crippen molar-refractivity contribution >= 4 is 46.7 Å². The number of alkyl carbamates (subject to hydrolysis) is 1. The Hall–Kier alpha value is -4.14. The molecule has 2 aliphatic rings. The summed E-state index contributed by atoms with van der Waals surface area (Å²) in [4.78, 5) is 39.8. The Kier molecular flexibility index (Phi) is 10.0. The first-order valence-corrected chi connectivity index (χ1v) is 16.5. The summed E-state index contributed by atoms with van der Waals surface area (Å²) in [7, 11) is 0. The van der Waals surface area contributed by atoms with E-state index in [1.807, 2.05) is 67.6 Å². The number of anilines is 1. The van der Waals surface area contributed by atoms with Gasteiger partial charge >= 0.3 is 6.09 Å². The molecule has 2 aliphatic heterocycles. The molecule has 3 heterocycles. The lowest BCUT2D eigenvalue weighted by molar-refractivity contribution is -0.245. The van der Waals surface area contributed by atoms with Gasteiger partial charge in [0.1, 0.15) is 17.7 Å². The summed E-state index contributed by atoms with van der Waals surface area (Å²) >= 11 is 3.09. The SMILES string of the molecule is Cc1nnc(SC[C@@H]2C[C@H](c3ccc(CO)cc3)O[C@H](c3cccc(N4C(=O)CC(NC(=O)OCc5ccccc5)C4=O)c3)O2)s1. The summed E-state index contributed by atoms with van der Waals surface area (Å²) in [6, 6.07) is 22.7. The highest BCUT2D eigenvalue weighted by atomic mass is 32.2. The average Bonchev–Trinajstić information content (AvgIpc) is 3.63. The van der Waals surface area contributed by atoms with Crippen molar-refractivity contribution < 1.29 is 33.7 Å². The standard InChI is InChI=1S/C33H32N4O7S2/c1-20-35-36-33(46-20)45-19-26-15-28(23-12-10-21(17-38)11-13-23)44-31(43-26)24-8-5-9-25(14-24)37-29(39)16-27(30(37)40)34-32(41)42-18-22-6-3-2-4-7-22/h2-14,26-28,31,38H,15-19H2,1H3,(H,34,41)/t26-,27?,28+,31+/m0/s1. The Morgan fingerprint density at radius 3 is 2.57 bits per heavy atom. The quantitative estimate of drug-likeness (QED) is 0.172. The van der Waals surface area contributed by atoms with Crippen molar-refractivity contribution in [3.63, 3.8) is 0 Å². The largest absolute Gasteiger partial charge is 0.445 e. The first-order chi connectivity index (χ1) is 22.4. The maximum Gasteiger partial charge on any atom is 0.408 e. The van der Waals surface area contributed by atoms with Crippen LogP contribution in [0.2, 0.25) is 0 Å². The molecule has 0 aliphatic carbocycles. The third-order valence-corrected chi connectivity index (χ3v) is 9.67. The van der Waals surface area contributed by atoms with Gasteiger partial charge in [0.15, 0.2) is 10.6 Å². The molecule has 6 rings (SSSR count). The normalized spacial score (nSPS) is 21.4. The van der Waals surface area contributed by atoms with Gasteiger partial charge in [-0.1, -0.05) is 89.8 Å². The number of aryl methyl sites for hydroxylation is 1. The molecule has 4 aromatic rings. The zero-order valence-corrected chi connectivity index (χ0v) is 26.5. The predicted molar refractivity (Wildman–Crippen MR) is 171 cm³/mol. The van der Waals surface area contributed by atoms with Crippen molar-refractivity contribution in [3.05, 3.63) is 106 Å². The molecular weight excluding hydrogens is 629 g/mol. The zero-order valence-electron chi connectivity index (χ0n) is 24.9. The van der Waals surface area contributed by atoms with E-state index in [0.29, 0.717) is 23.4 Å². The number of hydrogen-bond donors (Lipinski definition) is 2. The van der Waals surface area contributed by atoms with E-state index in [1.54, 1.807) is 30.0 Å². The fourth-order valence-corrected chi connectivity index (χ4v) is 7.12. The molecule has 3 amide bonds. The summed E-state index contributed by atoms with van der Waals surface area (Å²) in [6.07, 6.45) is -1.66. The maximum absolute atomic E-state index is 13.3. The minimum absolute atomic E-state index is 0.0428. The number of carbonyl (C=O) groups excluding carboxylic acids is 3. The van der Waals surface area contributed by atoms with Crippen LogP contribution in [0.3, 0.4) is 0 Å². The lowest BCUT2D eigenvalue weighted by atomic mass is 10.0. The molecule has 2 saturated heterocycles. The summed E-state index contributed by atoms with van der Waals surface area (Å²) in [6.45, 7) is 1.90. The molecule has 4 atom stereocenters. The molecule has 2 fully saturated rings. The third-order valence-electron chi connectivity index (χ3n) is 7.57. The highest BCUT2D eigenvalue weighted by molar-refractivity contribution is 8.01. The van der Waals surface area contributed by atoms with Gasteiger partial charge in [-0.3, -0.25) is 9.59 Å². The van der Waals surface area contributed by atoms with E-state index in [0.717, 1.165) is 30.9 Å². The number of aromatic nitrogens is 2. The van der Waals surface area contributed by atoms with Crippen molar-refractivity contribution in [1.29, 1.82) is 0 Å². The van der Waals surface area contributed by atoms with Gasteiger partial charge in [-0.2, -0.15) is 0 Å². The molecule has 0 bridgehead atoms. The van der Waals surface area contributed by atoms with Crippen LogP contribution >= 0.6 is 23.1 Å². The van der Waals surface area contributed by atoms with E-state index in [1.165, 1.54) is 11.3 Å². The first kappa shape index (κ1) is 31.8. The van der Waals surface area contributed by atoms with Gasteiger partial charge < -0.3 is 24.6 Å². The molecule has 46 heavy (non-hydrogen) atoms. The molecule has 13 heteroatoms.